The van der Waals surface area contributed by atoms with Crippen molar-refractivity contribution in [2.75, 3.05) is 0 Å². The minimum atomic E-state index is -4.47. The van der Waals surface area contributed by atoms with E-state index in [1.54, 1.807) is 6.07 Å². The number of carbonyl (C=O) groups is 1. The molecule has 1 aromatic rings. The predicted octanol–water partition coefficient (Wildman–Crippen LogP) is 3.29. The largest absolute Gasteiger partial charge is 0.495 e. The van der Waals surface area contributed by atoms with Gasteiger partial charge in [-0.25, -0.2) is 0 Å². The van der Waals surface area contributed by atoms with Crippen molar-refractivity contribution in [2.45, 2.75) is 71.4 Å². The van der Waals surface area contributed by atoms with Gasteiger partial charge in [-0.1, -0.05) is 13.8 Å². The van der Waals surface area contributed by atoms with Gasteiger partial charge in [0.15, 0.2) is 0 Å². The summed E-state index contributed by atoms with van der Waals surface area (Å²) in [5, 5.41) is 3.90. The summed E-state index contributed by atoms with van der Waals surface area (Å²) in [5.41, 5.74) is -0.185. The quantitative estimate of drug-likeness (QED) is 0.784. The SMILES string of the molecule is CC(C)[C@@H](NC(=O)Cc1cc(B2OC(C)(C)C(C)(C)O2)cs1)C(F)(F)F. The highest BCUT2D eigenvalue weighted by atomic mass is 32.1. The van der Waals surface area contributed by atoms with Crippen molar-refractivity contribution >= 4 is 29.8 Å². The normalized spacial score (nSPS) is 20.5. The van der Waals surface area contributed by atoms with E-state index in [0.29, 0.717) is 4.88 Å². The number of rotatable bonds is 5. The molecule has 1 amide bonds. The van der Waals surface area contributed by atoms with E-state index in [0.717, 1.165) is 5.46 Å². The van der Waals surface area contributed by atoms with Crippen LogP contribution in [0, 0.1) is 5.92 Å². The van der Waals surface area contributed by atoms with Crippen LogP contribution in [0.15, 0.2) is 11.4 Å². The Morgan fingerprint density at radius 2 is 1.77 bits per heavy atom. The molecule has 1 aliphatic rings. The smallest absolute Gasteiger partial charge is 0.399 e. The molecule has 1 N–H and O–H groups in total. The van der Waals surface area contributed by atoms with E-state index in [2.05, 4.69) is 5.32 Å². The first-order valence-electron chi connectivity index (χ1n) is 8.52. The molecular formula is C17H25BF3NO3S. The van der Waals surface area contributed by atoms with Crippen LogP contribution in [0.25, 0.3) is 0 Å². The van der Waals surface area contributed by atoms with Gasteiger partial charge in [-0.15, -0.1) is 11.3 Å². The fourth-order valence-electron chi connectivity index (χ4n) is 2.60. The highest BCUT2D eigenvalue weighted by Crippen LogP contribution is 2.36. The Balaban J connectivity index is 2.02. The van der Waals surface area contributed by atoms with Crippen molar-refractivity contribution in [1.82, 2.24) is 5.32 Å². The lowest BCUT2D eigenvalue weighted by molar-refractivity contribution is -0.169. The molecule has 2 heterocycles. The molecule has 2 rings (SSSR count). The Kier molecular flexibility index (Phi) is 5.86. The summed E-state index contributed by atoms with van der Waals surface area (Å²) in [6.07, 6.45) is -4.57. The highest BCUT2D eigenvalue weighted by molar-refractivity contribution is 7.11. The molecule has 0 bridgehead atoms. The summed E-state index contributed by atoms with van der Waals surface area (Å²) >= 11 is 1.31. The fraction of sp³-hybridized carbons (Fsp3) is 0.706. The van der Waals surface area contributed by atoms with Crippen LogP contribution in [0.3, 0.4) is 0 Å². The van der Waals surface area contributed by atoms with Gasteiger partial charge in [0.2, 0.25) is 5.91 Å². The average molecular weight is 391 g/mol. The van der Waals surface area contributed by atoms with Gasteiger partial charge in [-0.05, 0) is 50.5 Å². The molecular weight excluding hydrogens is 366 g/mol. The second-order valence-electron chi connectivity index (χ2n) is 7.94. The number of thiophene rings is 1. The summed E-state index contributed by atoms with van der Waals surface area (Å²) in [4.78, 5) is 12.7. The van der Waals surface area contributed by atoms with Gasteiger partial charge in [0.1, 0.15) is 6.04 Å². The van der Waals surface area contributed by atoms with E-state index in [9.17, 15) is 18.0 Å². The first-order chi connectivity index (χ1) is 11.7. The minimum Gasteiger partial charge on any atom is -0.399 e. The zero-order valence-electron chi connectivity index (χ0n) is 15.9. The number of amides is 1. The second-order valence-corrected chi connectivity index (χ2v) is 8.94. The number of hydrogen-bond donors (Lipinski definition) is 1. The Morgan fingerprint density at radius 3 is 2.23 bits per heavy atom. The Morgan fingerprint density at radius 1 is 1.23 bits per heavy atom. The first-order valence-corrected chi connectivity index (χ1v) is 9.40. The number of halogens is 3. The lowest BCUT2D eigenvalue weighted by Gasteiger charge is -2.32. The van der Waals surface area contributed by atoms with Crippen molar-refractivity contribution in [1.29, 1.82) is 0 Å². The third kappa shape index (κ3) is 4.61. The van der Waals surface area contributed by atoms with Gasteiger partial charge in [0.25, 0.3) is 0 Å². The zero-order valence-corrected chi connectivity index (χ0v) is 16.7. The van der Waals surface area contributed by atoms with Crippen molar-refractivity contribution in [2.24, 2.45) is 5.92 Å². The van der Waals surface area contributed by atoms with Crippen LogP contribution in [0.4, 0.5) is 13.2 Å². The van der Waals surface area contributed by atoms with E-state index in [1.165, 1.54) is 25.2 Å². The molecule has 4 nitrogen and oxygen atoms in total. The zero-order chi connectivity index (χ0) is 19.9. The molecule has 1 fully saturated rings. The van der Waals surface area contributed by atoms with E-state index in [1.807, 2.05) is 33.1 Å². The van der Waals surface area contributed by atoms with Crippen LogP contribution in [-0.2, 0) is 20.5 Å². The Labute approximate surface area is 156 Å². The molecule has 0 spiro atoms. The number of hydrogen-bond acceptors (Lipinski definition) is 4. The van der Waals surface area contributed by atoms with Gasteiger partial charge in [0, 0.05) is 4.88 Å². The van der Waals surface area contributed by atoms with Crippen LogP contribution >= 0.6 is 11.3 Å². The maximum absolute atomic E-state index is 13.0. The standard InChI is InChI=1S/C17H25BF3NO3S/c1-10(2)14(17(19,20)21)22-13(23)8-12-7-11(9-26-12)18-24-15(3,4)16(5,6)25-18/h7,9-10,14H,8H2,1-6H3,(H,22,23)/t14-/m1/s1. The topological polar surface area (TPSA) is 47.6 Å². The third-order valence-electron chi connectivity index (χ3n) is 4.87. The fourth-order valence-corrected chi connectivity index (χ4v) is 3.49. The Hall–Kier alpha value is -1.06. The van der Waals surface area contributed by atoms with Crippen LogP contribution in [0.1, 0.15) is 46.4 Å². The van der Waals surface area contributed by atoms with Crippen molar-refractivity contribution in [3.63, 3.8) is 0 Å². The van der Waals surface area contributed by atoms with Gasteiger partial charge in [-0.2, -0.15) is 13.2 Å². The maximum atomic E-state index is 13.0. The summed E-state index contributed by atoms with van der Waals surface area (Å²) < 4.78 is 50.8. The van der Waals surface area contributed by atoms with E-state index in [4.69, 9.17) is 9.31 Å². The maximum Gasteiger partial charge on any atom is 0.495 e. The summed E-state index contributed by atoms with van der Waals surface area (Å²) in [5.74, 6) is -1.38. The minimum absolute atomic E-state index is 0.108. The van der Waals surface area contributed by atoms with Crippen LogP contribution < -0.4 is 10.8 Å². The molecule has 0 saturated carbocycles. The highest BCUT2D eigenvalue weighted by Gasteiger charge is 2.52. The molecule has 1 saturated heterocycles. The Bertz CT molecular complexity index is 642. The second kappa shape index (κ2) is 7.17. The van der Waals surface area contributed by atoms with Crippen molar-refractivity contribution in [3.05, 3.63) is 16.3 Å². The summed E-state index contributed by atoms with van der Waals surface area (Å²) in [7, 11) is -0.549. The molecule has 1 atom stereocenters. The van der Waals surface area contributed by atoms with E-state index in [-0.39, 0.29) is 6.42 Å². The van der Waals surface area contributed by atoms with Gasteiger partial charge < -0.3 is 14.6 Å². The molecule has 1 aliphatic heterocycles. The molecule has 0 unspecified atom stereocenters. The van der Waals surface area contributed by atoms with Crippen LogP contribution in [0.2, 0.25) is 0 Å². The monoisotopic (exact) mass is 391 g/mol. The van der Waals surface area contributed by atoms with Crippen molar-refractivity contribution < 1.29 is 27.3 Å². The molecule has 0 aliphatic carbocycles. The molecule has 0 radical (unpaired) electrons. The lowest BCUT2D eigenvalue weighted by Crippen LogP contribution is -2.49. The van der Waals surface area contributed by atoms with Gasteiger partial charge in [-0.3, -0.25) is 4.79 Å². The molecule has 9 heteroatoms. The summed E-state index contributed by atoms with van der Waals surface area (Å²) in [6, 6.07) is -0.0952. The third-order valence-corrected chi connectivity index (χ3v) is 5.82. The summed E-state index contributed by atoms with van der Waals surface area (Å²) in [6.45, 7) is 10.6. The lowest BCUT2D eigenvalue weighted by atomic mass is 9.81. The molecule has 1 aromatic heterocycles. The van der Waals surface area contributed by atoms with Gasteiger partial charge >= 0.3 is 13.3 Å². The number of nitrogens with one attached hydrogen (secondary N) is 1. The van der Waals surface area contributed by atoms with E-state index < -0.39 is 42.4 Å². The van der Waals surface area contributed by atoms with E-state index >= 15 is 0 Å². The predicted molar refractivity (Wildman–Crippen MR) is 96.6 cm³/mol. The van der Waals surface area contributed by atoms with Gasteiger partial charge in [0.05, 0.1) is 17.6 Å². The van der Waals surface area contributed by atoms with Crippen molar-refractivity contribution in [3.8, 4) is 0 Å². The molecule has 146 valence electrons. The first kappa shape index (κ1) is 21.2. The molecule has 0 aromatic carbocycles. The average Bonchev–Trinajstić information content (AvgIpc) is 2.97. The molecule has 26 heavy (non-hydrogen) atoms. The van der Waals surface area contributed by atoms with Crippen LogP contribution in [-0.4, -0.2) is 36.4 Å². The van der Waals surface area contributed by atoms with Crippen LogP contribution in [0.5, 0.6) is 0 Å². The number of alkyl halides is 3. The number of carbonyl (C=O) groups excluding carboxylic acids is 1.